The number of carbonyl (C=O) groups excluding carboxylic acids is 1. The number of anilines is 1. The van der Waals surface area contributed by atoms with Gasteiger partial charge in [0.05, 0.1) is 11.3 Å². The predicted octanol–water partition coefficient (Wildman–Crippen LogP) is 4.91. The lowest BCUT2D eigenvalue weighted by Crippen LogP contribution is -2.14. The summed E-state index contributed by atoms with van der Waals surface area (Å²) >= 11 is 6.67. The lowest BCUT2D eigenvalue weighted by molar-refractivity contribution is 0.102. The Morgan fingerprint density at radius 1 is 1.21 bits per heavy atom. The fraction of sp³-hybridized carbons (Fsp3) is 0.0714. The molecule has 2 rings (SSSR count). The van der Waals surface area contributed by atoms with E-state index in [1.807, 2.05) is 6.07 Å². The molecule has 2 nitrogen and oxygen atoms in total. The van der Waals surface area contributed by atoms with E-state index in [2.05, 4.69) is 37.2 Å². The molecule has 0 saturated heterocycles. The van der Waals surface area contributed by atoms with E-state index in [4.69, 9.17) is 0 Å². The van der Waals surface area contributed by atoms with Crippen molar-refractivity contribution in [2.45, 2.75) is 6.92 Å². The molecule has 0 spiro atoms. The van der Waals surface area contributed by atoms with Crippen molar-refractivity contribution in [3.05, 3.63) is 62.3 Å². The highest BCUT2D eigenvalue weighted by Gasteiger charge is 2.14. The number of nitrogens with one attached hydrogen (secondary N) is 1. The Morgan fingerprint density at radius 2 is 1.95 bits per heavy atom. The highest BCUT2D eigenvalue weighted by Crippen LogP contribution is 2.26. The van der Waals surface area contributed by atoms with Gasteiger partial charge in [0, 0.05) is 8.95 Å². The Morgan fingerprint density at radius 3 is 2.63 bits per heavy atom. The summed E-state index contributed by atoms with van der Waals surface area (Å²) in [4.78, 5) is 12.0. The number of rotatable bonds is 2. The number of aryl methyl sites for hydroxylation is 1. The number of benzene rings is 2. The molecule has 1 N–H and O–H groups in total. The molecule has 0 aliphatic rings. The molecule has 0 aliphatic heterocycles. The second kappa shape index (κ2) is 5.84. The van der Waals surface area contributed by atoms with E-state index in [1.165, 1.54) is 6.07 Å². The van der Waals surface area contributed by atoms with E-state index >= 15 is 0 Å². The van der Waals surface area contributed by atoms with Gasteiger partial charge in [-0.2, -0.15) is 0 Å². The summed E-state index contributed by atoms with van der Waals surface area (Å²) < 4.78 is 15.5. The maximum Gasteiger partial charge on any atom is 0.258 e. The largest absolute Gasteiger partial charge is 0.321 e. The van der Waals surface area contributed by atoms with Crippen molar-refractivity contribution in [1.29, 1.82) is 0 Å². The minimum absolute atomic E-state index is 0.0369. The summed E-state index contributed by atoms with van der Waals surface area (Å²) in [6.07, 6.45) is 0. The molecule has 0 aromatic heterocycles. The van der Waals surface area contributed by atoms with E-state index < -0.39 is 11.7 Å². The van der Waals surface area contributed by atoms with Crippen LogP contribution in [0.4, 0.5) is 10.1 Å². The summed E-state index contributed by atoms with van der Waals surface area (Å²) in [6, 6.07) is 10.1. The molecule has 0 saturated carbocycles. The third-order valence-electron chi connectivity index (χ3n) is 2.62. The molecule has 5 heteroatoms. The monoisotopic (exact) mass is 385 g/mol. The van der Waals surface area contributed by atoms with Crippen LogP contribution in [-0.4, -0.2) is 5.91 Å². The SMILES string of the molecule is Cc1cccc(C(=O)Nc2ccc(Br)cc2Br)c1F. The average Bonchev–Trinajstić information content (AvgIpc) is 2.36. The van der Waals surface area contributed by atoms with Crippen LogP contribution in [0.15, 0.2) is 45.3 Å². The predicted molar refractivity (Wildman–Crippen MR) is 80.9 cm³/mol. The van der Waals surface area contributed by atoms with Crippen LogP contribution in [0.5, 0.6) is 0 Å². The van der Waals surface area contributed by atoms with Crippen LogP contribution < -0.4 is 5.32 Å². The van der Waals surface area contributed by atoms with Gasteiger partial charge in [-0.05, 0) is 52.7 Å². The van der Waals surface area contributed by atoms with Gasteiger partial charge in [-0.25, -0.2) is 4.39 Å². The molecule has 2 aromatic carbocycles. The molecule has 0 unspecified atom stereocenters. The zero-order chi connectivity index (χ0) is 14.0. The summed E-state index contributed by atoms with van der Waals surface area (Å²) in [7, 11) is 0. The highest BCUT2D eigenvalue weighted by molar-refractivity contribution is 9.11. The Hall–Kier alpha value is -1.20. The number of halogens is 3. The molecule has 0 bridgehead atoms. The Labute approximate surface area is 127 Å². The van der Waals surface area contributed by atoms with Crippen LogP contribution in [-0.2, 0) is 0 Å². The maximum absolute atomic E-state index is 13.8. The van der Waals surface area contributed by atoms with Crippen LogP contribution in [0.25, 0.3) is 0 Å². The number of amides is 1. The van der Waals surface area contributed by atoms with Gasteiger partial charge in [-0.1, -0.05) is 28.1 Å². The van der Waals surface area contributed by atoms with E-state index in [0.717, 1.165) is 8.95 Å². The van der Waals surface area contributed by atoms with Crippen molar-refractivity contribution in [2.24, 2.45) is 0 Å². The van der Waals surface area contributed by atoms with Crippen LogP contribution in [0.2, 0.25) is 0 Å². The number of hydrogen-bond acceptors (Lipinski definition) is 1. The summed E-state index contributed by atoms with van der Waals surface area (Å²) in [5.41, 5.74) is 1.08. The summed E-state index contributed by atoms with van der Waals surface area (Å²) in [5, 5.41) is 2.68. The topological polar surface area (TPSA) is 29.1 Å². The summed E-state index contributed by atoms with van der Waals surface area (Å²) in [6.45, 7) is 1.63. The fourth-order valence-corrected chi connectivity index (χ4v) is 2.75. The minimum Gasteiger partial charge on any atom is -0.321 e. The molecule has 2 aromatic rings. The van der Waals surface area contributed by atoms with Crippen molar-refractivity contribution < 1.29 is 9.18 Å². The van der Waals surface area contributed by atoms with Crippen molar-refractivity contribution in [3.8, 4) is 0 Å². The van der Waals surface area contributed by atoms with Crippen molar-refractivity contribution >= 4 is 43.5 Å². The molecule has 0 fully saturated rings. The average molecular weight is 387 g/mol. The molecule has 0 atom stereocenters. The number of hydrogen-bond donors (Lipinski definition) is 1. The first-order chi connectivity index (χ1) is 8.99. The zero-order valence-corrected chi connectivity index (χ0v) is 13.2. The maximum atomic E-state index is 13.8. The third-order valence-corrected chi connectivity index (χ3v) is 3.77. The van der Waals surface area contributed by atoms with E-state index in [0.29, 0.717) is 11.3 Å². The van der Waals surface area contributed by atoms with Crippen LogP contribution in [0.3, 0.4) is 0 Å². The molecule has 98 valence electrons. The molecule has 19 heavy (non-hydrogen) atoms. The van der Waals surface area contributed by atoms with Gasteiger partial charge < -0.3 is 5.32 Å². The Kier molecular flexibility index (Phi) is 4.37. The first-order valence-electron chi connectivity index (χ1n) is 5.50. The van der Waals surface area contributed by atoms with Gasteiger partial charge in [0.25, 0.3) is 5.91 Å². The van der Waals surface area contributed by atoms with Gasteiger partial charge in [0.2, 0.25) is 0 Å². The van der Waals surface area contributed by atoms with Gasteiger partial charge in [0.15, 0.2) is 0 Å². The molecule has 1 amide bonds. The zero-order valence-electron chi connectivity index (χ0n) is 10.0. The molecule has 0 aliphatic carbocycles. The van der Waals surface area contributed by atoms with E-state index in [-0.39, 0.29) is 5.56 Å². The van der Waals surface area contributed by atoms with Crippen LogP contribution >= 0.6 is 31.9 Å². The van der Waals surface area contributed by atoms with E-state index in [1.54, 1.807) is 31.2 Å². The normalized spacial score (nSPS) is 10.3. The van der Waals surface area contributed by atoms with Crippen molar-refractivity contribution in [3.63, 3.8) is 0 Å². The minimum atomic E-state index is -0.492. The lowest BCUT2D eigenvalue weighted by Gasteiger charge is -2.09. The number of carbonyl (C=O) groups is 1. The van der Waals surface area contributed by atoms with Gasteiger partial charge in [-0.3, -0.25) is 4.79 Å². The van der Waals surface area contributed by atoms with Crippen molar-refractivity contribution in [1.82, 2.24) is 0 Å². The van der Waals surface area contributed by atoms with Crippen LogP contribution in [0.1, 0.15) is 15.9 Å². The third kappa shape index (κ3) is 3.22. The highest BCUT2D eigenvalue weighted by atomic mass is 79.9. The first kappa shape index (κ1) is 14.2. The smallest absolute Gasteiger partial charge is 0.258 e. The van der Waals surface area contributed by atoms with Crippen LogP contribution in [0, 0.1) is 12.7 Å². The Balaban J connectivity index is 2.28. The standard InChI is InChI=1S/C14H10Br2FNO/c1-8-3-2-4-10(13(8)17)14(19)18-12-6-5-9(15)7-11(12)16/h2-7H,1H3,(H,18,19). The molecular formula is C14H10Br2FNO. The lowest BCUT2D eigenvalue weighted by atomic mass is 10.1. The van der Waals surface area contributed by atoms with Gasteiger partial charge in [-0.15, -0.1) is 0 Å². The summed E-state index contributed by atoms with van der Waals surface area (Å²) in [5.74, 6) is -0.961. The Bertz CT molecular complexity index is 643. The van der Waals surface area contributed by atoms with Crippen molar-refractivity contribution in [2.75, 3.05) is 5.32 Å². The first-order valence-corrected chi connectivity index (χ1v) is 7.09. The van der Waals surface area contributed by atoms with Gasteiger partial charge in [0.1, 0.15) is 5.82 Å². The molecule has 0 radical (unpaired) electrons. The van der Waals surface area contributed by atoms with E-state index in [9.17, 15) is 9.18 Å². The quantitative estimate of drug-likeness (QED) is 0.780. The molecular weight excluding hydrogens is 377 g/mol. The van der Waals surface area contributed by atoms with Gasteiger partial charge >= 0.3 is 0 Å². The second-order valence-corrected chi connectivity index (χ2v) is 5.78. The molecule has 0 heterocycles. The fourth-order valence-electron chi connectivity index (χ4n) is 1.60. The second-order valence-electron chi connectivity index (χ2n) is 4.01.